The van der Waals surface area contributed by atoms with Crippen LogP contribution in [0.3, 0.4) is 0 Å². The Hall–Kier alpha value is -0.560. The van der Waals surface area contributed by atoms with E-state index in [0.29, 0.717) is 5.92 Å². The molecule has 1 aliphatic rings. The molecule has 1 aliphatic carbocycles. The highest BCUT2D eigenvalue weighted by atomic mass is 16.3. The Kier molecular flexibility index (Phi) is 3.32. The quantitative estimate of drug-likeness (QED) is 0.647. The highest BCUT2D eigenvalue weighted by Crippen LogP contribution is 2.38. The lowest BCUT2D eigenvalue weighted by atomic mass is 9.72. The van der Waals surface area contributed by atoms with Gasteiger partial charge < -0.3 is 5.11 Å². The predicted octanol–water partition coefficient (Wildman–Crippen LogP) is 3.06. The molecule has 2 atom stereocenters. The number of hydrogen-bond donors (Lipinski definition) is 1. The molecule has 1 fully saturated rings. The van der Waals surface area contributed by atoms with Gasteiger partial charge in [0.05, 0.1) is 5.60 Å². The topological polar surface area (TPSA) is 20.2 Å². The fourth-order valence-electron chi connectivity index (χ4n) is 2.25. The second kappa shape index (κ2) is 4.10. The van der Waals surface area contributed by atoms with Gasteiger partial charge in [-0.3, -0.25) is 0 Å². The highest BCUT2D eigenvalue weighted by Gasteiger charge is 2.36. The first-order valence-electron chi connectivity index (χ1n) is 5.13. The van der Waals surface area contributed by atoms with Crippen LogP contribution in [0.4, 0.5) is 0 Å². The van der Waals surface area contributed by atoms with Crippen molar-refractivity contribution >= 4 is 0 Å². The third kappa shape index (κ3) is 2.02. The van der Waals surface area contributed by atoms with Crippen LogP contribution in [0.25, 0.3) is 0 Å². The van der Waals surface area contributed by atoms with E-state index in [9.17, 15) is 5.11 Å². The molecule has 0 aliphatic heterocycles. The maximum absolute atomic E-state index is 10.3. The Morgan fingerprint density at radius 1 is 1.54 bits per heavy atom. The van der Waals surface area contributed by atoms with Crippen LogP contribution in [0.5, 0.6) is 0 Å². The minimum absolute atomic E-state index is 0.295. The molecule has 74 valence electrons. The van der Waals surface area contributed by atoms with Crippen LogP contribution in [-0.2, 0) is 0 Å². The van der Waals surface area contributed by atoms with Crippen molar-refractivity contribution in [2.45, 2.75) is 45.1 Å². The average Bonchev–Trinajstić information content (AvgIpc) is 2.17. The van der Waals surface area contributed by atoms with Gasteiger partial charge in [0.1, 0.15) is 0 Å². The van der Waals surface area contributed by atoms with E-state index in [4.69, 9.17) is 0 Å². The molecule has 13 heavy (non-hydrogen) atoms. The number of aliphatic hydroxyl groups is 1. The maximum atomic E-state index is 10.3. The zero-order valence-corrected chi connectivity index (χ0v) is 8.71. The van der Waals surface area contributed by atoms with E-state index < -0.39 is 5.60 Å². The van der Waals surface area contributed by atoms with E-state index in [1.807, 2.05) is 6.92 Å². The summed E-state index contributed by atoms with van der Waals surface area (Å²) >= 11 is 0. The summed E-state index contributed by atoms with van der Waals surface area (Å²) in [7, 11) is 0. The summed E-state index contributed by atoms with van der Waals surface area (Å²) < 4.78 is 0. The molecule has 0 heterocycles. The molecule has 1 rings (SSSR count). The third-order valence-electron chi connectivity index (χ3n) is 3.28. The molecule has 1 N–H and O–H groups in total. The molecule has 0 saturated heterocycles. The summed E-state index contributed by atoms with van der Waals surface area (Å²) in [6, 6.07) is 0. The number of rotatable bonds is 2. The van der Waals surface area contributed by atoms with Gasteiger partial charge in [-0.1, -0.05) is 30.6 Å². The summed E-state index contributed by atoms with van der Waals surface area (Å²) in [5.74, 6) is 0.295. The van der Waals surface area contributed by atoms with Crippen LogP contribution in [-0.4, -0.2) is 10.7 Å². The van der Waals surface area contributed by atoms with E-state index in [0.717, 1.165) is 19.3 Å². The lowest BCUT2D eigenvalue weighted by Crippen LogP contribution is -2.39. The van der Waals surface area contributed by atoms with Gasteiger partial charge in [-0.05, 0) is 26.7 Å². The summed E-state index contributed by atoms with van der Waals surface area (Å²) in [6.45, 7) is 7.88. The summed E-state index contributed by atoms with van der Waals surface area (Å²) in [6.07, 6.45) is 8.14. The lowest BCUT2D eigenvalue weighted by molar-refractivity contribution is 0.0113. The molecule has 0 amide bonds. The summed E-state index contributed by atoms with van der Waals surface area (Å²) in [5, 5.41) is 10.3. The van der Waals surface area contributed by atoms with Crippen LogP contribution < -0.4 is 0 Å². The zero-order valence-electron chi connectivity index (χ0n) is 8.71. The van der Waals surface area contributed by atoms with Crippen molar-refractivity contribution in [1.29, 1.82) is 0 Å². The Balaban J connectivity index is 2.85. The Morgan fingerprint density at radius 2 is 2.23 bits per heavy atom. The van der Waals surface area contributed by atoms with Crippen molar-refractivity contribution in [1.82, 2.24) is 0 Å². The molecular weight excluding hydrogens is 160 g/mol. The second-order valence-corrected chi connectivity index (χ2v) is 4.03. The standard InChI is InChI=1S/C12H20O/c1-4-10(3)11-8-6-7-9-12(11,13)5-2/h4-5,11,13H,2,6-9H2,1,3H3/b10-4+. The SMILES string of the molecule is C=CC1(O)CCCCC1/C(C)=C/C. The van der Waals surface area contributed by atoms with Gasteiger partial charge in [0.15, 0.2) is 0 Å². The molecule has 0 aromatic carbocycles. The zero-order chi connectivity index (χ0) is 9.90. The first-order chi connectivity index (χ1) is 6.14. The van der Waals surface area contributed by atoms with Crippen molar-refractivity contribution in [3.8, 4) is 0 Å². The van der Waals surface area contributed by atoms with Gasteiger partial charge in [0.25, 0.3) is 0 Å². The second-order valence-electron chi connectivity index (χ2n) is 4.03. The third-order valence-corrected chi connectivity index (χ3v) is 3.28. The number of hydrogen-bond acceptors (Lipinski definition) is 1. The van der Waals surface area contributed by atoms with Crippen LogP contribution in [0, 0.1) is 5.92 Å². The molecule has 1 heteroatoms. The molecule has 0 radical (unpaired) electrons. The molecular formula is C12H20O. The fourth-order valence-corrected chi connectivity index (χ4v) is 2.25. The Morgan fingerprint density at radius 3 is 2.77 bits per heavy atom. The predicted molar refractivity (Wildman–Crippen MR) is 56.5 cm³/mol. The van der Waals surface area contributed by atoms with E-state index in [-0.39, 0.29) is 0 Å². The monoisotopic (exact) mass is 180 g/mol. The van der Waals surface area contributed by atoms with Crippen molar-refractivity contribution < 1.29 is 5.11 Å². The van der Waals surface area contributed by atoms with Gasteiger partial charge in [-0.15, -0.1) is 6.58 Å². The number of allylic oxidation sites excluding steroid dienone is 1. The van der Waals surface area contributed by atoms with Gasteiger partial charge in [-0.2, -0.15) is 0 Å². The smallest absolute Gasteiger partial charge is 0.0889 e. The minimum Gasteiger partial charge on any atom is -0.385 e. The molecule has 1 nitrogen and oxygen atoms in total. The largest absolute Gasteiger partial charge is 0.385 e. The molecule has 0 spiro atoms. The van der Waals surface area contributed by atoms with Crippen LogP contribution in [0.1, 0.15) is 39.5 Å². The van der Waals surface area contributed by atoms with Crippen LogP contribution >= 0.6 is 0 Å². The van der Waals surface area contributed by atoms with Crippen LogP contribution in [0.2, 0.25) is 0 Å². The molecule has 2 unspecified atom stereocenters. The van der Waals surface area contributed by atoms with Crippen molar-refractivity contribution in [3.05, 3.63) is 24.3 Å². The van der Waals surface area contributed by atoms with Gasteiger partial charge in [-0.25, -0.2) is 0 Å². The minimum atomic E-state index is -0.644. The van der Waals surface area contributed by atoms with Gasteiger partial charge in [0.2, 0.25) is 0 Å². The Bertz CT molecular complexity index is 217. The van der Waals surface area contributed by atoms with Gasteiger partial charge in [0, 0.05) is 5.92 Å². The van der Waals surface area contributed by atoms with Gasteiger partial charge >= 0.3 is 0 Å². The van der Waals surface area contributed by atoms with Crippen LogP contribution in [0.15, 0.2) is 24.3 Å². The summed E-state index contributed by atoms with van der Waals surface area (Å²) in [4.78, 5) is 0. The van der Waals surface area contributed by atoms with Crippen molar-refractivity contribution in [3.63, 3.8) is 0 Å². The van der Waals surface area contributed by atoms with Crippen molar-refractivity contribution in [2.75, 3.05) is 0 Å². The fraction of sp³-hybridized carbons (Fsp3) is 0.667. The highest BCUT2D eigenvalue weighted by molar-refractivity contribution is 5.15. The first-order valence-corrected chi connectivity index (χ1v) is 5.13. The average molecular weight is 180 g/mol. The van der Waals surface area contributed by atoms with Crippen molar-refractivity contribution in [2.24, 2.45) is 5.92 Å². The van der Waals surface area contributed by atoms with E-state index in [1.165, 1.54) is 12.0 Å². The Labute approximate surface area is 81.2 Å². The maximum Gasteiger partial charge on any atom is 0.0889 e. The first kappa shape index (κ1) is 10.5. The molecule has 1 saturated carbocycles. The molecule has 0 aromatic rings. The van der Waals surface area contributed by atoms with E-state index in [1.54, 1.807) is 6.08 Å². The normalized spacial score (nSPS) is 35.9. The molecule has 0 bridgehead atoms. The molecule has 0 aromatic heterocycles. The summed E-state index contributed by atoms with van der Waals surface area (Å²) in [5.41, 5.74) is 0.650. The van der Waals surface area contributed by atoms with E-state index in [2.05, 4.69) is 19.6 Å². The van der Waals surface area contributed by atoms with E-state index >= 15 is 0 Å². The lowest BCUT2D eigenvalue weighted by Gasteiger charge is -2.38.